The predicted octanol–water partition coefficient (Wildman–Crippen LogP) is 6.03. The summed E-state index contributed by atoms with van der Waals surface area (Å²) in [6.45, 7) is 7.46. The second-order valence-corrected chi connectivity index (χ2v) is 12.2. The van der Waals surface area contributed by atoms with Gasteiger partial charge in [0.1, 0.15) is 27.6 Å². The maximum atomic E-state index is 15.3. The van der Waals surface area contributed by atoms with Crippen LogP contribution in [-0.2, 0) is 30.6 Å². The average Bonchev–Trinajstić information content (AvgIpc) is 3.43. The van der Waals surface area contributed by atoms with Crippen molar-refractivity contribution in [3.63, 3.8) is 0 Å². The summed E-state index contributed by atoms with van der Waals surface area (Å²) in [6.07, 6.45) is -3.60. The number of hydrogen-bond acceptors (Lipinski definition) is 5. The molecule has 1 aliphatic heterocycles. The molecule has 34 heavy (non-hydrogen) atoms. The molecule has 0 amide bonds. The van der Waals surface area contributed by atoms with Crippen LogP contribution in [0.1, 0.15) is 60.3 Å². The van der Waals surface area contributed by atoms with Crippen molar-refractivity contribution >= 4 is 22.7 Å². The van der Waals surface area contributed by atoms with E-state index in [1.165, 1.54) is 23.6 Å². The smallest absolute Gasteiger partial charge is 0.435 e. The largest absolute Gasteiger partial charge is 0.597 e. The minimum Gasteiger partial charge on any atom is -0.597 e. The molecule has 1 aromatic carbocycles. The number of rotatable bonds is 4. The molecule has 3 heterocycles. The summed E-state index contributed by atoms with van der Waals surface area (Å²) in [7, 11) is 0. The van der Waals surface area contributed by atoms with E-state index in [1.54, 1.807) is 44.1 Å². The van der Waals surface area contributed by atoms with Crippen LogP contribution < -0.4 is 0 Å². The summed E-state index contributed by atoms with van der Waals surface area (Å²) in [6, 6.07) is 7.05. The van der Waals surface area contributed by atoms with Crippen LogP contribution in [0, 0.1) is 17.1 Å². The molecule has 0 spiro atoms. The first-order chi connectivity index (χ1) is 15.9. The summed E-state index contributed by atoms with van der Waals surface area (Å²) in [5, 5.41) is 13.0. The fourth-order valence-corrected chi connectivity index (χ4v) is 6.54. The maximum absolute atomic E-state index is 15.3. The van der Waals surface area contributed by atoms with Crippen molar-refractivity contribution in [2.24, 2.45) is 0 Å². The third-order valence-corrected chi connectivity index (χ3v) is 8.39. The molecule has 1 aliphatic rings. The zero-order chi connectivity index (χ0) is 25.0. The second-order valence-electron chi connectivity index (χ2n) is 8.89. The number of benzene rings is 1. The van der Waals surface area contributed by atoms with Crippen molar-refractivity contribution in [1.29, 1.82) is 5.26 Å². The number of nitriles is 1. The van der Waals surface area contributed by atoms with Gasteiger partial charge in [0.2, 0.25) is 0 Å². The topological polar surface area (TPSA) is 67.9 Å². The number of aryl methyl sites for hydroxylation is 1. The Balaban J connectivity index is 1.98. The third-order valence-electron chi connectivity index (χ3n) is 5.53. The number of alkyl halides is 3. The molecule has 0 aliphatic carbocycles. The van der Waals surface area contributed by atoms with Crippen LogP contribution in [0.3, 0.4) is 0 Å². The molecule has 2 unspecified atom stereocenters. The SMILES string of the molecule is CCn1cc(-c2c(F)cccc2C2c3cc(C#N)sc3CN2[S+]([O-])C(C)(C)C)c(C(F)(F)F)n1. The summed E-state index contributed by atoms with van der Waals surface area (Å²) < 4.78 is 72.6. The highest BCUT2D eigenvalue weighted by Gasteiger charge is 2.47. The standard InChI is InChI=1S/C23H22F4N4OS2/c1-5-30-11-16(21(29-30)23(25,26)27)19-14(7-6-8-17(19)24)20-15-9-13(10-28)33-18(15)12-31(20)34(32)22(2,3)4/h6-9,11,20H,5,12H2,1-4H3. The Morgan fingerprint density at radius 1 is 1.26 bits per heavy atom. The van der Waals surface area contributed by atoms with Crippen molar-refractivity contribution in [2.75, 3.05) is 0 Å². The molecular formula is C23H22F4N4OS2. The van der Waals surface area contributed by atoms with Crippen molar-refractivity contribution in [3.05, 3.63) is 62.9 Å². The lowest BCUT2D eigenvalue weighted by Crippen LogP contribution is -2.42. The Morgan fingerprint density at radius 3 is 2.56 bits per heavy atom. The molecule has 0 N–H and O–H groups in total. The van der Waals surface area contributed by atoms with Gasteiger partial charge in [-0.05, 0) is 51.0 Å². The van der Waals surface area contributed by atoms with E-state index in [0.717, 1.165) is 15.6 Å². The molecule has 4 rings (SSSR count). The van der Waals surface area contributed by atoms with Crippen molar-refractivity contribution < 1.29 is 22.1 Å². The molecule has 2 aromatic heterocycles. The number of fused-ring (bicyclic) bond motifs is 1. The van der Waals surface area contributed by atoms with Crippen LogP contribution >= 0.6 is 11.3 Å². The molecule has 3 aromatic rings. The lowest BCUT2D eigenvalue weighted by atomic mass is 9.92. The van der Waals surface area contributed by atoms with Gasteiger partial charge in [-0.3, -0.25) is 4.68 Å². The van der Waals surface area contributed by atoms with Gasteiger partial charge in [-0.15, -0.1) is 15.6 Å². The molecule has 0 saturated carbocycles. The zero-order valence-corrected chi connectivity index (χ0v) is 20.5. The molecule has 0 bridgehead atoms. The molecule has 2 atom stereocenters. The van der Waals surface area contributed by atoms with Gasteiger partial charge < -0.3 is 4.55 Å². The van der Waals surface area contributed by atoms with Gasteiger partial charge in [-0.1, -0.05) is 12.1 Å². The maximum Gasteiger partial charge on any atom is 0.435 e. The first-order valence-electron chi connectivity index (χ1n) is 10.5. The van der Waals surface area contributed by atoms with E-state index in [0.29, 0.717) is 10.4 Å². The average molecular weight is 511 g/mol. The van der Waals surface area contributed by atoms with Crippen molar-refractivity contribution in [1.82, 2.24) is 14.1 Å². The van der Waals surface area contributed by atoms with E-state index in [1.807, 2.05) is 0 Å². The van der Waals surface area contributed by atoms with Crippen LogP contribution in [-0.4, -0.2) is 23.4 Å². The first kappa shape index (κ1) is 24.7. The first-order valence-corrected chi connectivity index (χ1v) is 12.4. The molecule has 0 saturated heterocycles. The fourth-order valence-electron chi connectivity index (χ4n) is 4.10. The predicted molar refractivity (Wildman–Crippen MR) is 123 cm³/mol. The number of halogens is 4. The van der Waals surface area contributed by atoms with Gasteiger partial charge in [0, 0.05) is 40.1 Å². The fraction of sp³-hybridized carbons (Fsp3) is 0.391. The van der Waals surface area contributed by atoms with Crippen LogP contribution in [0.2, 0.25) is 0 Å². The van der Waals surface area contributed by atoms with E-state index in [9.17, 15) is 23.0 Å². The minimum atomic E-state index is -4.79. The normalized spacial score (nSPS) is 17.6. The Bertz CT molecular complexity index is 1270. The van der Waals surface area contributed by atoms with Gasteiger partial charge in [0.05, 0.1) is 6.54 Å². The third kappa shape index (κ3) is 4.24. The van der Waals surface area contributed by atoms with Crippen molar-refractivity contribution in [2.45, 2.75) is 57.7 Å². The van der Waals surface area contributed by atoms with E-state index in [2.05, 4.69) is 11.2 Å². The molecule has 180 valence electrons. The highest BCUT2D eigenvalue weighted by Crippen LogP contribution is 2.49. The summed E-state index contributed by atoms with van der Waals surface area (Å²) in [5.41, 5.74) is -0.867. The summed E-state index contributed by atoms with van der Waals surface area (Å²) >= 11 is -0.309. The summed E-state index contributed by atoms with van der Waals surface area (Å²) in [5.74, 6) is -0.829. The molecule has 11 heteroatoms. The Kier molecular flexibility index (Phi) is 6.31. The van der Waals surface area contributed by atoms with Gasteiger partial charge in [-0.2, -0.15) is 23.5 Å². The lowest BCUT2D eigenvalue weighted by molar-refractivity contribution is -0.141. The van der Waals surface area contributed by atoms with Crippen LogP contribution in [0.4, 0.5) is 17.6 Å². The van der Waals surface area contributed by atoms with E-state index in [-0.39, 0.29) is 29.8 Å². The number of nitrogens with zero attached hydrogens (tertiary/aromatic N) is 4. The quantitative estimate of drug-likeness (QED) is 0.318. The van der Waals surface area contributed by atoms with E-state index < -0.39 is 39.8 Å². The lowest BCUT2D eigenvalue weighted by Gasteiger charge is -2.34. The molecular weight excluding hydrogens is 488 g/mol. The number of aromatic nitrogens is 2. The highest BCUT2D eigenvalue weighted by molar-refractivity contribution is 7.90. The Hall–Kier alpha value is -2.39. The second kappa shape index (κ2) is 8.68. The van der Waals surface area contributed by atoms with Gasteiger partial charge >= 0.3 is 6.18 Å². The highest BCUT2D eigenvalue weighted by atomic mass is 32.2. The molecule has 5 nitrogen and oxygen atoms in total. The van der Waals surface area contributed by atoms with Gasteiger partial charge in [0.25, 0.3) is 0 Å². The van der Waals surface area contributed by atoms with E-state index >= 15 is 4.39 Å². The van der Waals surface area contributed by atoms with Crippen LogP contribution in [0.25, 0.3) is 11.1 Å². The zero-order valence-electron chi connectivity index (χ0n) is 18.9. The summed E-state index contributed by atoms with van der Waals surface area (Å²) in [4.78, 5) is 1.22. The van der Waals surface area contributed by atoms with Gasteiger partial charge in [-0.25, -0.2) is 4.39 Å². The van der Waals surface area contributed by atoms with Crippen LogP contribution in [0.5, 0.6) is 0 Å². The molecule has 0 fully saturated rings. The van der Waals surface area contributed by atoms with E-state index in [4.69, 9.17) is 0 Å². The monoisotopic (exact) mass is 510 g/mol. The minimum absolute atomic E-state index is 0.177. The van der Waals surface area contributed by atoms with Crippen LogP contribution in [0.15, 0.2) is 30.5 Å². The Morgan fingerprint density at radius 2 is 1.97 bits per heavy atom. The number of hydrogen-bond donors (Lipinski definition) is 0. The van der Waals surface area contributed by atoms with Crippen molar-refractivity contribution in [3.8, 4) is 17.2 Å². The van der Waals surface area contributed by atoms with Gasteiger partial charge in [0.15, 0.2) is 5.69 Å². The Labute approximate surface area is 201 Å². The molecule has 0 radical (unpaired) electrons. The number of thiophene rings is 1.